The molecule has 2 nitrogen and oxygen atoms in total. The SMILES string of the molecule is CC(C#C[Si](C(C)C)(C(C)C)C(C)C)CCc1ncccn1. The monoisotopic (exact) mass is 316 g/mol. The van der Waals surface area contributed by atoms with E-state index >= 15 is 0 Å². The summed E-state index contributed by atoms with van der Waals surface area (Å²) < 4.78 is 0. The number of aromatic nitrogens is 2. The summed E-state index contributed by atoms with van der Waals surface area (Å²) in [5.74, 6) is 4.93. The van der Waals surface area contributed by atoms with Gasteiger partial charge in [0.25, 0.3) is 0 Å². The maximum Gasteiger partial charge on any atom is 0.145 e. The molecule has 0 fully saturated rings. The van der Waals surface area contributed by atoms with Gasteiger partial charge >= 0.3 is 0 Å². The molecule has 0 aliphatic rings. The highest BCUT2D eigenvalue weighted by molar-refractivity contribution is 6.90. The van der Waals surface area contributed by atoms with E-state index < -0.39 is 8.07 Å². The molecule has 22 heavy (non-hydrogen) atoms. The highest BCUT2D eigenvalue weighted by Gasteiger charge is 2.41. The second-order valence-corrected chi connectivity index (χ2v) is 12.9. The van der Waals surface area contributed by atoms with E-state index in [1.165, 1.54) is 0 Å². The molecule has 0 amide bonds. The van der Waals surface area contributed by atoms with Crippen LogP contribution in [-0.2, 0) is 6.42 Å². The molecule has 0 N–H and O–H groups in total. The molecule has 0 bridgehead atoms. The van der Waals surface area contributed by atoms with E-state index in [2.05, 4.69) is 69.9 Å². The smallest absolute Gasteiger partial charge is 0.145 e. The van der Waals surface area contributed by atoms with Crippen molar-refractivity contribution in [3.63, 3.8) is 0 Å². The topological polar surface area (TPSA) is 25.8 Å². The van der Waals surface area contributed by atoms with Crippen LogP contribution < -0.4 is 0 Å². The summed E-state index contributed by atoms with van der Waals surface area (Å²) in [5.41, 5.74) is 5.91. The fourth-order valence-corrected chi connectivity index (χ4v) is 8.92. The Morgan fingerprint density at radius 2 is 1.41 bits per heavy atom. The van der Waals surface area contributed by atoms with E-state index in [-0.39, 0.29) is 0 Å². The van der Waals surface area contributed by atoms with E-state index in [1.54, 1.807) is 0 Å². The van der Waals surface area contributed by atoms with Crippen LogP contribution in [0.15, 0.2) is 18.5 Å². The predicted molar refractivity (Wildman–Crippen MR) is 98.3 cm³/mol. The van der Waals surface area contributed by atoms with E-state index in [0.29, 0.717) is 22.5 Å². The van der Waals surface area contributed by atoms with Gasteiger partial charge in [-0.2, -0.15) is 0 Å². The molecule has 1 aromatic heterocycles. The number of hydrogen-bond acceptors (Lipinski definition) is 2. The highest BCUT2D eigenvalue weighted by atomic mass is 28.3. The van der Waals surface area contributed by atoms with Gasteiger partial charge in [-0.1, -0.05) is 48.5 Å². The van der Waals surface area contributed by atoms with E-state index in [0.717, 1.165) is 18.7 Å². The van der Waals surface area contributed by atoms with E-state index in [1.807, 2.05) is 18.5 Å². The van der Waals surface area contributed by atoms with Crippen LogP contribution in [-0.4, -0.2) is 18.0 Å². The largest absolute Gasteiger partial charge is 0.241 e. The average molecular weight is 317 g/mol. The van der Waals surface area contributed by atoms with Gasteiger partial charge in [0, 0.05) is 24.7 Å². The minimum atomic E-state index is -1.59. The first-order valence-corrected chi connectivity index (χ1v) is 10.8. The van der Waals surface area contributed by atoms with Gasteiger partial charge in [-0.05, 0) is 29.1 Å². The Morgan fingerprint density at radius 1 is 0.909 bits per heavy atom. The third-order valence-electron chi connectivity index (χ3n) is 4.82. The molecule has 1 rings (SSSR count). The molecule has 1 atom stereocenters. The zero-order valence-corrected chi connectivity index (χ0v) is 16.4. The van der Waals surface area contributed by atoms with Crippen LogP contribution in [0.1, 0.15) is 60.7 Å². The number of nitrogens with zero attached hydrogens (tertiary/aromatic N) is 2. The van der Waals surface area contributed by atoms with Crippen molar-refractivity contribution in [2.24, 2.45) is 5.92 Å². The molecule has 3 heteroatoms. The van der Waals surface area contributed by atoms with Gasteiger partial charge in [-0.15, -0.1) is 11.5 Å². The van der Waals surface area contributed by atoms with E-state index in [9.17, 15) is 0 Å². The first-order valence-electron chi connectivity index (χ1n) is 8.59. The quantitative estimate of drug-likeness (QED) is 0.528. The van der Waals surface area contributed by atoms with Crippen LogP contribution in [0.25, 0.3) is 0 Å². The minimum absolute atomic E-state index is 0.409. The predicted octanol–water partition coefficient (Wildman–Crippen LogP) is 5.27. The summed E-state index contributed by atoms with van der Waals surface area (Å²) in [6.07, 6.45) is 5.58. The molecule has 0 spiro atoms. The van der Waals surface area contributed by atoms with Crippen molar-refractivity contribution >= 4 is 8.07 Å². The molecule has 0 radical (unpaired) electrons. The Hall–Kier alpha value is -1.14. The van der Waals surface area contributed by atoms with Gasteiger partial charge in [0.05, 0.1) is 0 Å². The van der Waals surface area contributed by atoms with Crippen LogP contribution in [0.5, 0.6) is 0 Å². The van der Waals surface area contributed by atoms with Crippen LogP contribution in [0.2, 0.25) is 16.6 Å². The molecule has 0 aromatic carbocycles. The highest BCUT2D eigenvalue weighted by Crippen LogP contribution is 2.40. The summed E-state index contributed by atoms with van der Waals surface area (Å²) in [4.78, 5) is 8.59. The zero-order chi connectivity index (χ0) is 16.8. The number of rotatable bonds is 6. The van der Waals surface area contributed by atoms with Crippen molar-refractivity contribution < 1.29 is 0 Å². The fraction of sp³-hybridized carbons (Fsp3) is 0.684. The Kier molecular flexibility index (Phi) is 7.29. The lowest BCUT2D eigenvalue weighted by molar-refractivity contribution is 0.648. The van der Waals surface area contributed by atoms with Crippen molar-refractivity contribution in [2.75, 3.05) is 0 Å². The maximum atomic E-state index is 4.29. The molecule has 1 heterocycles. The Morgan fingerprint density at radius 3 is 1.86 bits per heavy atom. The number of aryl methyl sites for hydroxylation is 1. The van der Waals surface area contributed by atoms with Crippen molar-refractivity contribution in [3.05, 3.63) is 24.3 Å². The maximum absolute atomic E-state index is 4.29. The Labute approximate surface area is 138 Å². The molecular weight excluding hydrogens is 284 g/mol. The molecular formula is C19H32N2Si. The molecule has 1 unspecified atom stereocenters. The van der Waals surface area contributed by atoms with Crippen molar-refractivity contribution in [2.45, 2.75) is 77.9 Å². The van der Waals surface area contributed by atoms with Crippen LogP contribution >= 0.6 is 0 Å². The van der Waals surface area contributed by atoms with Gasteiger partial charge < -0.3 is 0 Å². The Balaban J connectivity index is 2.80. The van der Waals surface area contributed by atoms with Crippen LogP contribution in [0, 0.1) is 17.4 Å². The van der Waals surface area contributed by atoms with Crippen LogP contribution in [0.3, 0.4) is 0 Å². The summed E-state index contributed by atoms with van der Waals surface area (Å²) in [7, 11) is -1.59. The van der Waals surface area contributed by atoms with Gasteiger partial charge in [0.15, 0.2) is 0 Å². The van der Waals surface area contributed by atoms with E-state index in [4.69, 9.17) is 0 Å². The second-order valence-electron chi connectivity index (χ2n) is 7.27. The van der Waals surface area contributed by atoms with Gasteiger partial charge in [0.1, 0.15) is 13.9 Å². The molecule has 0 saturated heterocycles. The normalized spacial score (nSPS) is 13.4. The first kappa shape index (κ1) is 18.9. The lowest BCUT2D eigenvalue weighted by atomic mass is 10.1. The van der Waals surface area contributed by atoms with Crippen molar-refractivity contribution in [1.29, 1.82) is 0 Å². The summed E-state index contributed by atoms with van der Waals surface area (Å²) in [5, 5.41) is 0. The standard InChI is InChI=1S/C19H32N2Si/c1-15(2)22(16(3)4,17(5)6)14-11-18(7)9-10-19-20-12-8-13-21-19/h8,12-13,15-18H,9-10H2,1-7H3. The summed E-state index contributed by atoms with van der Waals surface area (Å²) >= 11 is 0. The molecule has 122 valence electrons. The third-order valence-corrected chi connectivity index (χ3v) is 11.1. The zero-order valence-electron chi connectivity index (χ0n) is 15.4. The minimum Gasteiger partial charge on any atom is -0.241 e. The molecule has 0 aliphatic carbocycles. The molecule has 1 aromatic rings. The van der Waals surface area contributed by atoms with Gasteiger partial charge in [-0.25, -0.2) is 9.97 Å². The number of hydrogen-bond donors (Lipinski definition) is 0. The van der Waals surface area contributed by atoms with Crippen molar-refractivity contribution in [1.82, 2.24) is 9.97 Å². The third kappa shape index (κ3) is 4.68. The first-order chi connectivity index (χ1) is 10.3. The lowest BCUT2D eigenvalue weighted by Crippen LogP contribution is -2.43. The summed E-state index contributed by atoms with van der Waals surface area (Å²) in [6.45, 7) is 16.4. The Bertz CT molecular complexity index is 475. The lowest BCUT2D eigenvalue weighted by Gasteiger charge is -2.38. The summed E-state index contributed by atoms with van der Waals surface area (Å²) in [6, 6.07) is 1.86. The second kappa shape index (κ2) is 8.48. The molecule has 0 aliphatic heterocycles. The van der Waals surface area contributed by atoms with Gasteiger partial charge in [-0.3, -0.25) is 0 Å². The van der Waals surface area contributed by atoms with Crippen molar-refractivity contribution in [3.8, 4) is 11.5 Å². The fourth-order valence-electron chi connectivity index (χ4n) is 3.56. The van der Waals surface area contributed by atoms with Gasteiger partial charge in [0.2, 0.25) is 0 Å². The molecule has 0 saturated carbocycles. The average Bonchev–Trinajstić information content (AvgIpc) is 2.45. The van der Waals surface area contributed by atoms with Crippen LogP contribution in [0.4, 0.5) is 0 Å².